The SMILES string of the molecule is O=C1COc2ccc(C(=O)COC(=O)c3ccc(NS(=O)(=O)c4ccc(Br)s4)cc3)cc2N1. The Labute approximate surface area is 200 Å². The third kappa shape index (κ3) is 5.41. The fourth-order valence-electron chi connectivity index (χ4n) is 2.88. The van der Waals surface area contributed by atoms with Crippen LogP contribution in [0.3, 0.4) is 0 Å². The molecule has 9 nitrogen and oxygen atoms in total. The summed E-state index contributed by atoms with van der Waals surface area (Å²) in [5.41, 5.74) is 1.04. The Hall–Kier alpha value is -3.22. The molecule has 0 saturated carbocycles. The first kappa shape index (κ1) is 23.0. The van der Waals surface area contributed by atoms with Crippen LogP contribution >= 0.6 is 27.3 Å². The lowest BCUT2D eigenvalue weighted by molar-refractivity contribution is -0.118. The standard InChI is InChI=1S/C21H15BrN2O7S2/c22-18-7-8-20(32-18)33(28,29)24-14-4-1-12(2-5-14)21(27)31-10-16(25)13-3-6-17-15(9-13)23-19(26)11-30-17/h1-9,24H,10-11H2,(H,23,26). The van der Waals surface area contributed by atoms with Crippen LogP contribution in [0.25, 0.3) is 0 Å². The van der Waals surface area contributed by atoms with Crippen LogP contribution in [0.4, 0.5) is 11.4 Å². The van der Waals surface area contributed by atoms with Crippen molar-refractivity contribution in [2.75, 3.05) is 23.3 Å². The van der Waals surface area contributed by atoms with Gasteiger partial charge in [0.25, 0.3) is 15.9 Å². The summed E-state index contributed by atoms with van der Waals surface area (Å²) >= 11 is 4.29. The number of carbonyl (C=O) groups excluding carboxylic acids is 3. The van der Waals surface area contributed by atoms with Crippen molar-refractivity contribution in [3.63, 3.8) is 0 Å². The lowest BCUT2D eigenvalue weighted by Gasteiger charge is -2.18. The van der Waals surface area contributed by atoms with Gasteiger partial charge in [0.15, 0.2) is 19.0 Å². The summed E-state index contributed by atoms with van der Waals surface area (Å²) in [6.45, 7) is -0.599. The summed E-state index contributed by atoms with van der Waals surface area (Å²) in [7, 11) is -3.75. The molecule has 0 fully saturated rings. The van der Waals surface area contributed by atoms with Gasteiger partial charge in [-0.25, -0.2) is 13.2 Å². The number of halogens is 1. The van der Waals surface area contributed by atoms with Crippen molar-refractivity contribution < 1.29 is 32.3 Å². The Morgan fingerprint density at radius 1 is 1.09 bits per heavy atom. The zero-order valence-corrected chi connectivity index (χ0v) is 19.9. The average molecular weight is 551 g/mol. The van der Waals surface area contributed by atoms with Crippen molar-refractivity contribution in [2.24, 2.45) is 0 Å². The first-order valence-corrected chi connectivity index (χ1v) is 12.5. The number of hydrogen-bond donors (Lipinski definition) is 2. The molecule has 1 aliphatic rings. The molecule has 4 rings (SSSR count). The second-order valence-corrected chi connectivity index (χ2v) is 11.2. The smallest absolute Gasteiger partial charge is 0.338 e. The quantitative estimate of drug-likeness (QED) is 0.339. The van der Waals surface area contributed by atoms with Gasteiger partial charge in [-0.1, -0.05) is 0 Å². The largest absolute Gasteiger partial charge is 0.482 e. The minimum absolute atomic E-state index is 0.0933. The van der Waals surface area contributed by atoms with Gasteiger partial charge in [-0.3, -0.25) is 14.3 Å². The van der Waals surface area contributed by atoms with Gasteiger partial charge < -0.3 is 14.8 Å². The van der Waals surface area contributed by atoms with Gasteiger partial charge in [0.2, 0.25) is 0 Å². The molecule has 1 aromatic heterocycles. The number of ketones is 1. The van der Waals surface area contributed by atoms with Gasteiger partial charge in [0.05, 0.1) is 15.0 Å². The number of amides is 1. The first-order chi connectivity index (χ1) is 15.7. The summed E-state index contributed by atoms with van der Waals surface area (Å²) in [6.07, 6.45) is 0. The molecule has 0 aliphatic carbocycles. The zero-order valence-electron chi connectivity index (χ0n) is 16.7. The van der Waals surface area contributed by atoms with Crippen LogP contribution in [0.15, 0.2) is 62.6 Å². The van der Waals surface area contributed by atoms with Crippen LogP contribution < -0.4 is 14.8 Å². The fraction of sp³-hybridized carbons (Fsp3) is 0.0952. The molecule has 1 aliphatic heterocycles. The molecule has 12 heteroatoms. The number of benzene rings is 2. The number of anilines is 2. The van der Waals surface area contributed by atoms with Gasteiger partial charge in [-0.05, 0) is 70.5 Å². The highest BCUT2D eigenvalue weighted by molar-refractivity contribution is 9.11. The highest BCUT2D eigenvalue weighted by Gasteiger charge is 2.20. The van der Waals surface area contributed by atoms with Crippen LogP contribution in [-0.2, 0) is 19.6 Å². The monoisotopic (exact) mass is 550 g/mol. The molecule has 1 amide bonds. The van der Waals surface area contributed by atoms with E-state index in [0.29, 0.717) is 15.2 Å². The highest BCUT2D eigenvalue weighted by Crippen LogP contribution is 2.29. The van der Waals surface area contributed by atoms with Crippen LogP contribution in [-0.4, -0.2) is 39.3 Å². The van der Waals surface area contributed by atoms with E-state index in [1.54, 1.807) is 12.1 Å². The van der Waals surface area contributed by atoms with Crippen molar-refractivity contribution >= 4 is 66.3 Å². The van der Waals surface area contributed by atoms with Gasteiger partial charge >= 0.3 is 5.97 Å². The Morgan fingerprint density at radius 2 is 1.82 bits per heavy atom. The summed E-state index contributed by atoms with van der Waals surface area (Å²) in [5, 5.41) is 2.60. The molecule has 33 heavy (non-hydrogen) atoms. The van der Waals surface area contributed by atoms with E-state index in [1.165, 1.54) is 42.5 Å². The van der Waals surface area contributed by atoms with Gasteiger partial charge in [-0.2, -0.15) is 0 Å². The molecule has 0 spiro atoms. The van der Waals surface area contributed by atoms with Crippen molar-refractivity contribution in [1.29, 1.82) is 0 Å². The van der Waals surface area contributed by atoms with Crippen molar-refractivity contribution in [3.05, 3.63) is 69.5 Å². The van der Waals surface area contributed by atoms with Crippen LogP contribution in [0.5, 0.6) is 5.75 Å². The van der Waals surface area contributed by atoms with E-state index in [1.807, 2.05) is 0 Å². The van der Waals surface area contributed by atoms with Crippen LogP contribution in [0, 0.1) is 0 Å². The number of carbonyl (C=O) groups is 3. The minimum atomic E-state index is -3.75. The summed E-state index contributed by atoms with van der Waals surface area (Å²) in [6, 6.07) is 13.3. The zero-order chi connectivity index (χ0) is 23.6. The molecule has 2 N–H and O–H groups in total. The highest BCUT2D eigenvalue weighted by atomic mass is 79.9. The van der Waals surface area contributed by atoms with Crippen molar-refractivity contribution in [1.82, 2.24) is 0 Å². The normalized spacial score (nSPS) is 12.8. The van der Waals surface area contributed by atoms with Crippen LogP contribution in [0.2, 0.25) is 0 Å². The molecule has 0 saturated heterocycles. The number of ether oxygens (including phenoxy) is 2. The number of fused-ring (bicyclic) bond motifs is 1. The third-order valence-electron chi connectivity index (χ3n) is 4.45. The molecule has 2 heterocycles. The maximum Gasteiger partial charge on any atom is 0.338 e. The number of rotatable bonds is 7. The number of hydrogen-bond acceptors (Lipinski definition) is 8. The lowest BCUT2D eigenvalue weighted by Crippen LogP contribution is -2.25. The van der Waals surface area contributed by atoms with E-state index >= 15 is 0 Å². The average Bonchev–Trinajstić information content (AvgIpc) is 3.24. The predicted octanol–water partition coefficient (Wildman–Crippen LogP) is 3.68. The molecule has 2 aromatic carbocycles. The van der Waals surface area contributed by atoms with Crippen molar-refractivity contribution in [2.45, 2.75) is 4.21 Å². The van der Waals surface area contributed by atoms with E-state index in [9.17, 15) is 22.8 Å². The number of esters is 1. The van der Waals surface area contributed by atoms with Crippen molar-refractivity contribution in [3.8, 4) is 5.75 Å². The molecule has 170 valence electrons. The van der Waals surface area contributed by atoms with E-state index in [2.05, 4.69) is 26.0 Å². The molecule has 0 radical (unpaired) electrons. The van der Waals surface area contributed by atoms with Gasteiger partial charge in [-0.15, -0.1) is 11.3 Å². The lowest BCUT2D eigenvalue weighted by atomic mass is 10.1. The number of sulfonamides is 1. The van der Waals surface area contributed by atoms with E-state index in [-0.39, 0.29) is 33.5 Å². The van der Waals surface area contributed by atoms with E-state index in [4.69, 9.17) is 9.47 Å². The van der Waals surface area contributed by atoms with Crippen LogP contribution in [0.1, 0.15) is 20.7 Å². The number of nitrogens with one attached hydrogen (secondary N) is 2. The fourth-order valence-corrected chi connectivity index (χ4v) is 5.94. The predicted molar refractivity (Wildman–Crippen MR) is 124 cm³/mol. The second-order valence-electron chi connectivity index (χ2n) is 6.79. The Balaban J connectivity index is 1.36. The molecule has 3 aromatic rings. The third-order valence-corrected chi connectivity index (χ3v) is 7.95. The Morgan fingerprint density at radius 3 is 2.52 bits per heavy atom. The summed E-state index contributed by atoms with van der Waals surface area (Å²) in [5.74, 6) is -1.08. The number of Topliss-reactive ketones (excluding diaryl/α,β-unsaturated/α-hetero) is 1. The molecular weight excluding hydrogens is 536 g/mol. The maximum atomic E-state index is 12.4. The minimum Gasteiger partial charge on any atom is -0.482 e. The molecule has 0 atom stereocenters. The van der Waals surface area contributed by atoms with Gasteiger partial charge in [0, 0.05) is 11.3 Å². The molecular formula is C21H15BrN2O7S2. The Kier molecular flexibility index (Phi) is 6.49. The van der Waals surface area contributed by atoms with E-state index < -0.39 is 28.4 Å². The summed E-state index contributed by atoms with van der Waals surface area (Å²) < 4.78 is 38.3. The topological polar surface area (TPSA) is 128 Å². The molecule has 0 bridgehead atoms. The number of thiophene rings is 1. The second kappa shape index (κ2) is 9.33. The Bertz CT molecular complexity index is 1350. The van der Waals surface area contributed by atoms with Gasteiger partial charge in [0.1, 0.15) is 9.96 Å². The summed E-state index contributed by atoms with van der Waals surface area (Å²) in [4.78, 5) is 36.1. The maximum absolute atomic E-state index is 12.4. The van der Waals surface area contributed by atoms with E-state index in [0.717, 1.165) is 11.3 Å². The first-order valence-electron chi connectivity index (χ1n) is 9.36. The molecule has 0 unspecified atom stereocenters.